The second kappa shape index (κ2) is 9.02. The highest BCUT2D eigenvalue weighted by atomic mass is 35.5. The van der Waals surface area contributed by atoms with Gasteiger partial charge in [0.05, 0.1) is 10.2 Å². The highest BCUT2D eigenvalue weighted by molar-refractivity contribution is 7.22. The van der Waals surface area contributed by atoms with E-state index >= 15 is 0 Å². The lowest BCUT2D eigenvalue weighted by atomic mass is 10.2. The van der Waals surface area contributed by atoms with E-state index in [1.54, 1.807) is 29.2 Å². The summed E-state index contributed by atoms with van der Waals surface area (Å²) in [5.74, 6) is -0.102. The van der Waals surface area contributed by atoms with Crippen molar-refractivity contribution in [3.05, 3.63) is 58.1 Å². The summed E-state index contributed by atoms with van der Waals surface area (Å²) in [5.41, 5.74) is 1.39. The van der Waals surface area contributed by atoms with Crippen molar-refractivity contribution >= 4 is 55.8 Å². The van der Waals surface area contributed by atoms with Crippen LogP contribution in [0.2, 0.25) is 10.0 Å². The van der Waals surface area contributed by atoms with E-state index in [4.69, 9.17) is 23.2 Å². The largest absolute Gasteiger partial charge is 0.302 e. The molecule has 1 amide bonds. The van der Waals surface area contributed by atoms with E-state index in [1.807, 2.05) is 18.2 Å². The van der Waals surface area contributed by atoms with Gasteiger partial charge in [0.25, 0.3) is 5.91 Å². The fourth-order valence-electron chi connectivity index (χ4n) is 2.84. The lowest BCUT2D eigenvalue weighted by Crippen LogP contribution is -2.38. The SMILES string of the molecule is CCN(CC)CCN(C(=O)c1cccc(Cl)c1)c1nc2ccc(Cl)cc2s1. The smallest absolute Gasteiger partial charge is 0.260 e. The Bertz CT molecular complexity index is 940. The van der Waals surface area contributed by atoms with E-state index in [9.17, 15) is 4.79 Å². The van der Waals surface area contributed by atoms with Gasteiger partial charge in [0.15, 0.2) is 5.13 Å². The first-order valence-electron chi connectivity index (χ1n) is 8.87. The minimum absolute atomic E-state index is 0.102. The average molecular weight is 422 g/mol. The molecule has 1 heterocycles. The van der Waals surface area contributed by atoms with Crippen molar-refractivity contribution in [2.24, 2.45) is 0 Å². The molecule has 3 aromatic rings. The number of likely N-dealkylation sites (N-methyl/N-ethyl adjacent to an activating group) is 1. The fourth-order valence-corrected chi connectivity index (χ4v) is 4.30. The number of hydrogen-bond donors (Lipinski definition) is 0. The summed E-state index contributed by atoms with van der Waals surface area (Å²) >= 11 is 13.7. The van der Waals surface area contributed by atoms with E-state index in [0.717, 1.165) is 29.9 Å². The first kappa shape index (κ1) is 20.1. The zero-order valence-electron chi connectivity index (χ0n) is 15.3. The highest BCUT2D eigenvalue weighted by Crippen LogP contribution is 2.31. The van der Waals surface area contributed by atoms with Crippen LogP contribution >= 0.6 is 34.5 Å². The van der Waals surface area contributed by atoms with E-state index in [0.29, 0.717) is 27.3 Å². The molecule has 0 radical (unpaired) electrons. The molecule has 3 rings (SSSR count). The predicted molar refractivity (Wildman–Crippen MR) is 116 cm³/mol. The minimum Gasteiger partial charge on any atom is -0.302 e. The highest BCUT2D eigenvalue weighted by Gasteiger charge is 2.22. The Balaban J connectivity index is 1.96. The van der Waals surface area contributed by atoms with Gasteiger partial charge in [0.1, 0.15) is 0 Å². The molecule has 0 atom stereocenters. The molecule has 0 aliphatic heterocycles. The number of aromatic nitrogens is 1. The maximum Gasteiger partial charge on any atom is 0.260 e. The number of fused-ring (bicyclic) bond motifs is 1. The maximum atomic E-state index is 13.2. The first-order chi connectivity index (χ1) is 13.0. The van der Waals surface area contributed by atoms with Gasteiger partial charge in [-0.3, -0.25) is 9.69 Å². The van der Waals surface area contributed by atoms with Crippen LogP contribution in [-0.2, 0) is 0 Å². The molecular formula is C20H21Cl2N3OS. The zero-order chi connectivity index (χ0) is 19.4. The van der Waals surface area contributed by atoms with Crippen molar-refractivity contribution in [3.8, 4) is 0 Å². The predicted octanol–water partition coefficient (Wildman–Crippen LogP) is 5.59. The Morgan fingerprint density at radius 3 is 2.48 bits per heavy atom. The molecule has 0 saturated heterocycles. The van der Waals surface area contributed by atoms with E-state index in [1.165, 1.54) is 11.3 Å². The third-order valence-electron chi connectivity index (χ3n) is 4.42. The van der Waals surface area contributed by atoms with Crippen LogP contribution in [0.25, 0.3) is 10.2 Å². The molecular weight excluding hydrogens is 401 g/mol. The number of carbonyl (C=O) groups is 1. The summed E-state index contributed by atoms with van der Waals surface area (Å²) in [4.78, 5) is 21.9. The molecule has 0 unspecified atom stereocenters. The van der Waals surface area contributed by atoms with E-state index < -0.39 is 0 Å². The number of rotatable bonds is 7. The molecule has 7 heteroatoms. The second-order valence-corrected chi connectivity index (χ2v) is 7.98. The summed E-state index contributed by atoms with van der Waals surface area (Å²) in [6.07, 6.45) is 0. The van der Waals surface area contributed by atoms with Crippen molar-refractivity contribution in [1.82, 2.24) is 9.88 Å². The van der Waals surface area contributed by atoms with Gasteiger partial charge in [-0.15, -0.1) is 0 Å². The number of hydrogen-bond acceptors (Lipinski definition) is 4. The van der Waals surface area contributed by atoms with Crippen LogP contribution in [0.15, 0.2) is 42.5 Å². The van der Waals surface area contributed by atoms with Crippen LogP contribution in [0, 0.1) is 0 Å². The van der Waals surface area contributed by atoms with Crippen molar-refractivity contribution in [3.63, 3.8) is 0 Å². The van der Waals surface area contributed by atoms with Gasteiger partial charge in [0, 0.05) is 28.7 Å². The Kier molecular flexibility index (Phi) is 6.71. The van der Waals surface area contributed by atoms with Gasteiger partial charge in [-0.1, -0.05) is 54.5 Å². The van der Waals surface area contributed by atoms with Crippen molar-refractivity contribution in [2.75, 3.05) is 31.1 Å². The topological polar surface area (TPSA) is 36.4 Å². The van der Waals surface area contributed by atoms with Crippen LogP contribution in [0.1, 0.15) is 24.2 Å². The average Bonchev–Trinajstić information content (AvgIpc) is 3.07. The van der Waals surface area contributed by atoms with Crippen LogP contribution in [-0.4, -0.2) is 42.0 Å². The first-order valence-corrected chi connectivity index (χ1v) is 10.4. The standard InChI is InChI=1S/C20H21Cl2N3OS/c1-3-24(4-2)10-11-25(19(26)14-6-5-7-15(21)12-14)20-23-17-9-8-16(22)13-18(17)27-20/h5-9,12-13H,3-4,10-11H2,1-2H3. The van der Waals surface area contributed by atoms with Crippen molar-refractivity contribution in [2.45, 2.75) is 13.8 Å². The minimum atomic E-state index is -0.102. The molecule has 0 saturated carbocycles. The molecule has 0 bridgehead atoms. The molecule has 0 aliphatic carbocycles. The number of carbonyl (C=O) groups excluding carboxylic acids is 1. The van der Waals surface area contributed by atoms with E-state index in [2.05, 4.69) is 23.7 Å². The van der Waals surface area contributed by atoms with E-state index in [-0.39, 0.29) is 5.91 Å². The summed E-state index contributed by atoms with van der Waals surface area (Å²) < 4.78 is 0.962. The third kappa shape index (κ3) is 4.79. The van der Waals surface area contributed by atoms with Gasteiger partial charge in [0.2, 0.25) is 0 Å². The van der Waals surface area contributed by atoms with Gasteiger partial charge in [-0.05, 0) is 49.5 Å². The molecule has 4 nitrogen and oxygen atoms in total. The Morgan fingerprint density at radius 1 is 1.04 bits per heavy atom. The molecule has 0 fully saturated rings. The molecule has 0 aliphatic rings. The summed E-state index contributed by atoms with van der Waals surface area (Å²) in [6.45, 7) is 7.44. The molecule has 0 spiro atoms. The molecule has 27 heavy (non-hydrogen) atoms. The summed E-state index contributed by atoms with van der Waals surface area (Å²) in [7, 11) is 0. The van der Waals surface area contributed by atoms with Crippen LogP contribution in [0.5, 0.6) is 0 Å². The molecule has 2 aromatic carbocycles. The summed E-state index contributed by atoms with van der Waals surface area (Å²) in [6, 6.07) is 12.6. The lowest BCUT2D eigenvalue weighted by Gasteiger charge is -2.24. The van der Waals surface area contributed by atoms with Gasteiger partial charge in [-0.2, -0.15) is 0 Å². The van der Waals surface area contributed by atoms with Crippen molar-refractivity contribution < 1.29 is 4.79 Å². The number of thiazole rings is 1. The Hall–Kier alpha value is -1.66. The van der Waals surface area contributed by atoms with Crippen LogP contribution in [0.3, 0.4) is 0 Å². The van der Waals surface area contributed by atoms with Crippen molar-refractivity contribution in [1.29, 1.82) is 0 Å². The van der Waals surface area contributed by atoms with Gasteiger partial charge >= 0.3 is 0 Å². The fraction of sp³-hybridized carbons (Fsp3) is 0.300. The Morgan fingerprint density at radius 2 is 1.78 bits per heavy atom. The lowest BCUT2D eigenvalue weighted by molar-refractivity contribution is 0.0984. The van der Waals surface area contributed by atoms with Crippen LogP contribution in [0.4, 0.5) is 5.13 Å². The quantitative estimate of drug-likeness (QED) is 0.498. The Labute approximate surface area is 173 Å². The number of benzene rings is 2. The second-order valence-electron chi connectivity index (χ2n) is 6.10. The third-order valence-corrected chi connectivity index (χ3v) is 5.93. The molecule has 0 N–H and O–H groups in total. The summed E-state index contributed by atoms with van der Waals surface area (Å²) in [5, 5.41) is 1.87. The van der Waals surface area contributed by atoms with Gasteiger partial charge < -0.3 is 4.90 Å². The monoisotopic (exact) mass is 421 g/mol. The normalized spacial score (nSPS) is 11.3. The number of anilines is 1. The zero-order valence-corrected chi connectivity index (χ0v) is 17.6. The number of nitrogens with zero attached hydrogens (tertiary/aromatic N) is 3. The maximum absolute atomic E-state index is 13.2. The molecule has 142 valence electrons. The number of halogens is 2. The van der Waals surface area contributed by atoms with Crippen LogP contribution < -0.4 is 4.90 Å². The number of amides is 1. The molecule has 1 aromatic heterocycles. The van der Waals surface area contributed by atoms with Gasteiger partial charge in [-0.25, -0.2) is 4.98 Å².